The standard InChI is InChI=1S/C4H6O2.BrH/c1-2-3-4(5)6;/h2-3H,1H3,(H,5,6);1H. The SMILES string of the molecule is Br.CC=CC(=O)O. The highest BCUT2D eigenvalue weighted by Gasteiger charge is 1.76. The zero-order valence-electron chi connectivity index (χ0n) is 3.92. The maximum atomic E-state index is 9.51. The van der Waals surface area contributed by atoms with Gasteiger partial charge in [0.05, 0.1) is 0 Å². The second-order valence-electron chi connectivity index (χ2n) is 0.838. The van der Waals surface area contributed by atoms with Gasteiger partial charge in [-0.15, -0.1) is 17.0 Å². The zero-order chi connectivity index (χ0) is 4.99. The van der Waals surface area contributed by atoms with Crippen molar-refractivity contribution in [2.75, 3.05) is 0 Å². The minimum Gasteiger partial charge on any atom is -0.478 e. The molecule has 0 aliphatic heterocycles. The minimum absolute atomic E-state index is 0. The summed E-state index contributed by atoms with van der Waals surface area (Å²) in [6.45, 7) is 1.66. The second-order valence-corrected chi connectivity index (χ2v) is 0.838. The zero-order valence-corrected chi connectivity index (χ0v) is 5.63. The van der Waals surface area contributed by atoms with Crippen LogP contribution in [0.1, 0.15) is 6.92 Å². The van der Waals surface area contributed by atoms with E-state index in [4.69, 9.17) is 5.11 Å². The maximum Gasteiger partial charge on any atom is 0.327 e. The van der Waals surface area contributed by atoms with Gasteiger partial charge < -0.3 is 5.11 Å². The number of carbonyl (C=O) groups is 1. The topological polar surface area (TPSA) is 37.3 Å². The molecule has 0 unspecified atom stereocenters. The molecule has 7 heavy (non-hydrogen) atoms. The summed E-state index contributed by atoms with van der Waals surface area (Å²) in [6.07, 6.45) is 2.56. The highest BCUT2D eigenvalue weighted by Crippen LogP contribution is 1.65. The molecule has 0 aromatic carbocycles. The fourth-order valence-corrected chi connectivity index (χ4v) is 0.143. The van der Waals surface area contributed by atoms with E-state index in [-0.39, 0.29) is 17.0 Å². The van der Waals surface area contributed by atoms with Gasteiger partial charge in [0.15, 0.2) is 0 Å². The van der Waals surface area contributed by atoms with E-state index in [1.807, 2.05) is 0 Å². The molecule has 0 saturated heterocycles. The molecule has 1 N–H and O–H groups in total. The van der Waals surface area contributed by atoms with Crippen molar-refractivity contribution >= 4 is 23.0 Å². The van der Waals surface area contributed by atoms with Gasteiger partial charge in [0, 0.05) is 6.08 Å². The molecule has 0 bridgehead atoms. The Hall–Kier alpha value is -0.310. The summed E-state index contributed by atoms with van der Waals surface area (Å²) in [6, 6.07) is 0. The van der Waals surface area contributed by atoms with Crippen LogP contribution in [-0.4, -0.2) is 11.1 Å². The first-order chi connectivity index (χ1) is 2.77. The predicted octanol–water partition coefficient (Wildman–Crippen LogP) is 1.23. The van der Waals surface area contributed by atoms with Crippen molar-refractivity contribution in [2.45, 2.75) is 6.92 Å². The molecule has 0 aliphatic carbocycles. The van der Waals surface area contributed by atoms with Crippen molar-refractivity contribution in [2.24, 2.45) is 0 Å². The van der Waals surface area contributed by atoms with E-state index in [1.54, 1.807) is 6.92 Å². The largest absolute Gasteiger partial charge is 0.478 e. The number of carboxylic acid groups (broad SMARTS) is 1. The Morgan fingerprint density at radius 1 is 1.71 bits per heavy atom. The Morgan fingerprint density at radius 3 is 2.14 bits per heavy atom. The third-order valence-corrected chi connectivity index (χ3v) is 0.309. The third-order valence-electron chi connectivity index (χ3n) is 0.309. The number of hydrogen-bond donors (Lipinski definition) is 1. The maximum absolute atomic E-state index is 9.51. The lowest BCUT2D eigenvalue weighted by Gasteiger charge is -1.68. The molecule has 0 radical (unpaired) electrons. The lowest BCUT2D eigenvalue weighted by molar-refractivity contribution is -0.131. The number of halogens is 1. The first-order valence-corrected chi connectivity index (χ1v) is 1.63. The average molecular weight is 167 g/mol. The van der Waals surface area contributed by atoms with Gasteiger partial charge in [0.2, 0.25) is 0 Å². The molecule has 0 amide bonds. The molecule has 0 atom stereocenters. The van der Waals surface area contributed by atoms with Crippen molar-refractivity contribution in [3.05, 3.63) is 12.2 Å². The smallest absolute Gasteiger partial charge is 0.327 e. The van der Waals surface area contributed by atoms with Crippen LogP contribution in [0.3, 0.4) is 0 Å². The predicted molar refractivity (Wildman–Crippen MR) is 32.8 cm³/mol. The van der Waals surface area contributed by atoms with Gasteiger partial charge in [-0.2, -0.15) is 0 Å². The second kappa shape index (κ2) is 5.69. The third kappa shape index (κ3) is 10.7. The average Bonchev–Trinajstić information content (AvgIpc) is 1.35. The van der Waals surface area contributed by atoms with Crippen LogP contribution in [0.15, 0.2) is 12.2 Å². The monoisotopic (exact) mass is 166 g/mol. The normalized spacial score (nSPS) is 8.14. The summed E-state index contributed by atoms with van der Waals surface area (Å²) < 4.78 is 0. The summed E-state index contributed by atoms with van der Waals surface area (Å²) >= 11 is 0. The number of aliphatic carboxylic acids is 1. The lowest BCUT2D eigenvalue weighted by atomic mass is 10.5. The van der Waals surface area contributed by atoms with Gasteiger partial charge in [-0.1, -0.05) is 6.08 Å². The van der Waals surface area contributed by atoms with E-state index >= 15 is 0 Å². The van der Waals surface area contributed by atoms with Crippen molar-refractivity contribution in [1.29, 1.82) is 0 Å². The Kier molecular flexibility index (Phi) is 8.00. The van der Waals surface area contributed by atoms with Gasteiger partial charge in [-0.25, -0.2) is 4.79 Å². The van der Waals surface area contributed by atoms with Gasteiger partial charge in [0.25, 0.3) is 0 Å². The van der Waals surface area contributed by atoms with Crippen LogP contribution >= 0.6 is 17.0 Å². The van der Waals surface area contributed by atoms with E-state index < -0.39 is 5.97 Å². The van der Waals surface area contributed by atoms with E-state index in [0.717, 1.165) is 6.08 Å². The van der Waals surface area contributed by atoms with Crippen LogP contribution in [0.5, 0.6) is 0 Å². The number of carboxylic acids is 1. The Morgan fingerprint density at radius 2 is 2.14 bits per heavy atom. The molecule has 0 saturated carbocycles. The molecular formula is C4H7BrO2. The molecule has 0 aromatic rings. The fourth-order valence-electron chi connectivity index (χ4n) is 0.143. The van der Waals surface area contributed by atoms with E-state index in [9.17, 15) is 4.79 Å². The number of allylic oxidation sites excluding steroid dienone is 1. The van der Waals surface area contributed by atoms with Gasteiger partial charge in [-0.05, 0) is 6.92 Å². The Labute approximate surface area is 52.6 Å². The molecule has 0 rings (SSSR count). The summed E-state index contributed by atoms with van der Waals surface area (Å²) in [7, 11) is 0. The molecule has 42 valence electrons. The van der Waals surface area contributed by atoms with Gasteiger partial charge in [-0.3, -0.25) is 0 Å². The molecule has 2 nitrogen and oxygen atoms in total. The van der Waals surface area contributed by atoms with Crippen molar-refractivity contribution in [3.8, 4) is 0 Å². The fraction of sp³-hybridized carbons (Fsp3) is 0.250. The van der Waals surface area contributed by atoms with Gasteiger partial charge >= 0.3 is 5.97 Å². The molecule has 0 spiro atoms. The summed E-state index contributed by atoms with van der Waals surface area (Å²) in [5.74, 6) is -0.891. The van der Waals surface area contributed by atoms with Crippen molar-refractivity contribution in [1.82, 2.24) is 0 Å². The van der Waals surface area contributed by atoms with Crippen LogP contribution in [0.4, 0.5) is 0 Å². The first kappa shape index (κ1) is 9.85. The molecule has 0 fully saturated rings. The van der Waals surface area contributed by atoms with E-state index in [2.05, 4.69) is 0 Å². The molecule has 0 aromatic heterocycles. The first-order valence-electron chi connectivity index (χ1n) is 1.63. The van der Waals surface area contributed by atoms with E-state index in [0.29, 0.717) is 0 Å². The molecule has 0 aliphatic rings. The molecule has 0 heterocycles. The van der Waals surface area contributed by atoms with Crippen molar-refractivity contribution in [3.63, 3.8) is 0 Å². The molecule has 3 heteroatoms. The van der Waals surface area contributed by atoms with Crippen LogP contribution in [-0.2, 0) is 4.79 Å². The van der Waals surface area contributed by atoms with Crippen LogP contribution in [0, 0.1) is 0 Å². The summed E-state index contributed by atoms with van der Waals surface area (Å²) in [5, 5.41) is 7.83. The lowest BCUT2D eigenvalue weighted by Crippen LogP contribution is -1.83. The quantitative estimate of drug-likeness (QED) is 0.596. The Bertz CT molecular complexity index is 77.8. The summed E-state index contributed by atoms with van der Waals surface area (Å²) in [5.41, 5.74) is 0. The van der Waals surface area contributed by atoms with Crippen LogP contribution in [0.2, 0.25) is 0 Å². The summed E-state index contributed by atoms with van der Waals surface area (Å²) in [4.78, 5) is 9.51. The highest BCUT2D eigenvalue weighted by molar-refractivity contribution is 8.93. The van der Waals surface area contributed by atoms with E-state index in [1.165, 1.54) is 6.08 Å². The van der Waals surface area contributed by atoms with Crippen LogP contribution in [0.25, 0.3) is 0 Å². The highest BCUT2D eigenvalue weighted by atomic mass is 79.9. The minimum atomic E-state index is -0.891. The van der Waals surface area contributed by atoms with Crippen molar-refractivity contribution < 1.29 is 9.90 Å². The van der Waals surface area contributed by atoms with Gasteiger partial charge in [0.1, 0.15) is 0 Å². The molecular weight excluding hydrogens is 160 g/mol. The Balaban J connectivity index is 0. The van der Waals surface area contributed by atoms with Crippen LogP contribution < -0.4 is 0 Å². The number of hydrogen-bond acceptors (Lipinski definition) is 1. The number of rotatable bonds is 1.